The van der Waals surface area contributed by atoms with Crippen LogP contribution >= 0.6 is 0 Å². The van der Waals surface area contributed by atoms with E-state index in [0.29, 0.717) is 0 Å². The maximum absolute atomic E-state index is 12.7. The SMILES string of the molecule is CCN(CC)C(C)(C)C(=O)c1ccc([S+](C)C)cc1.CC[NH+](CC)C(C)(C)C(=O)c1ccc([S+](C)C)cc1.COS(=O)(=O)[O-].COS(=O)(=O)[O-].F[B-](F)(F)F. The number of rotatable bonds is 14. The van der Waals surface area contributed by atoms with Gasteiger partial charge in [-0.3, -0.25) is 22.9 Å². The van der Waals surface area contributed by atoms with Crippen LogP contribution < -0.4 is 4.90 Å². The van der Waals surface area contributed by atoms with E-state index in [4.69, 9.17) is 0 Å². The molecule has 21 heteroatoms. The van der Waals surface area contributed by atoms with E-state index in [-0.39, 0.29) is 38.9 Å². The van der Waals surface area contributed by atoms with Gasteiger partial charge in [-0.05, 0) is 103 Å². The first-order valence-electron chi connectivity index (χ1n) is 16.8. The molecule has 0 saturated carbocycles. The predicted octanol–water partition coefficient (Wildman–Crippen LogP) is 4.52. The van der Waals surface area contributed by atoms with E-state index in [1.165, 1.54) is 14.7 Å². The maximum atomic E-state index is 12.7. The summed E-state index contributed by atoms with van der Waals surface area (Å²) in [5.74, 6) is 0.444. The number of nitrogens with one attached hydrogen (secondary N) is 1. The van der Waals surface area contributed by atoms with E-state index in [1.54, 1.807) is 0 Å². The van der Waals surface area contributed by atoms with E-state index in [0.717, 1.165) is 51.5 Å². The Labute approximate surface area is 332 Å². The average molecular weight is 871 g/mol. The lowest BCUT2D eigenvalue weighted by Crippen LogP contribution is -3.20. The lowest BCUT2D eigenvalue weighted by atomic mass is 9.91. The first-order chi connectivity index (χ1) is 24.8. The minimum atomic E-state index is -6.00. The number of halogens is 4. The van der Waals surface area contributed by atoms with Gasteiger partial charge in [-0.1, -0.05) is 13.8 Å². The monoisotopic (exact) mass is 870 g/mol. The summed E-state index contributed by atoms with van der Waals surface area (Å²) in [6.45, 7) is 20.3. The molecule has 0 spiro atoms. The van der Waals surface area contributed by atoms with E-state index < -0.39 is 33.6 Å². The summed E-state index contributed by atoms with van der Waals surface area (Å²) in [4.78, 5) is 31.5. The Morgan fingerprint density at radius 2 is 0.927 bits per heavy atom. The first kappa shape index (κ1) is 57.3. The summed E-state index contributed by atoms with van der Waals surface area (Å²) < 4.78 is 101. The third-order valence-electron chi connectivity index (χ3n) is 8.00. The van der Waals surface area contributed by atoms with E-state index in [2.05, 4.69) is 104 Å². The topological polar surface area (TPSA) is 175 Å². The van der Waals surface area contributed by atoms with Crippen LogP contribution in [0.15, 0.2) is 58.3 Å². The van der Waals surface area contributed by atoms with Crippen molar-refractivity contribution in [3.63, 3.8) is 0 Å². The Balaban J connectivity index is -0.000000697. The van der Waals surface area contributed by atoms with E-state index in [1.807, 2.05) is 38.1 Å². The molecule has 12 nitrogen and oxygen atoms in total. The molecule has 320 valence electrons. The van der Waals surface area contributed by atoms with Crippen LogP contribution in [0, 0.1) is 0 Å². The highest BCUT2D eigenvalue weighted by molar-refractivity contribution is 7.95. The fraction of sp³-hybridized carbons (Fsp3) is 0.588. The molecule has 2 aromatic rings. The quantitative estimate of drug-likeness (QED) is 0.0706. The molecule has 0 aliphatic carbocycles. The third kappa shape index (κ3) is 25.0. The van der Waals surface area contributed by atoms with Crippen molar-refractivity contribution in [2.24, 2.45) is 0 Å². The lowest BCUT2D eigenvalue weighted by Gasteiger charge is -2.35. The zero-order valence-corrected chi connectivity index (χ0v) is 37.5. The van der Waals surface area contributed by atoms with Crippen LogP contribution in [0.3, 0.4) is 0 Å². The second kappa shape index (κ2) is 26.0. The van der Waals surface area contributed by atoms with Gasteiger partial charge < -0.3 is 31.3 Å². The average Bonchev–Trinajstić information content (AvgIpc) is 3.08. The second-order valence-corrected chi connectivity index (χ2v) is 19.2. The van der Waals surface area contributed by atoms with Crippen molar-refractivity contribution < 1.29 is 66.1 Å². The van der Waals surface area contributed by atoms with Crippen molar-refractivity contribution in [3.8, 4) is 0 Å². The fourth-order valence-corrected chi connectivity index (χ4v) is 6.28. The molecular weight excluding hydrogens is 811 g/mol. The Kier molecular flexibility index (Phi) is 27.1. The van der Waals surface area contributed by atoms with Crippen molar-refractivity contribution in [1.29, 1.82) is 0 Å². The minimum absolute atomic E-state index is 0.204. The number of likely N-dealkylation sites (N-methyl/N-ethyl adjacent to an activating group) is 2. The van der Waals surface area contributed by atoms with Gasteiger partial charge in [-0.25, -0.2) is 16.8 Å². The highest BCUT2D eigenvalue weighted by Gasteiger charge is 2.37. The van der Waals surface area contributed by atoms with Crippen LogP contribution in [0.5, 0.6) is 0 Å². The summed E-state index contributed by atoms with van der Waals surface area (Å²) >= 11 is 0. The van der Waals surface area contributed by atoms with Crippen LogP contribution in [0.4, 0.5) is 17.3 Å². The molecule has 0 heterocycles. The molecule has 0 unspecified atom stereocenters. The Morgan fingerprint density at radius 1 is 0.673 bits per heavy atom. The molecule has 2 aromatic carbocycles. The number of quaternary nitrogens is 1. The van der Waals surface area contributed by atoms with Crippen molar-refractivity contribution in [3.05, 3.63) is 59.7 Å². The highest BCUT2D eigenvalue weighted by Crippen LogP contribution is 2.22. The molecule has 0 fully saturated rings. The number of carbonyl (C=O) groups excluding carboxylic acids is 2. The Morgan fingerprint density at radius 3 is 1.13 bits per heavy atom. The summed E-state index contributed by atoms with van der Waals surface area (Å²) in [7, 11) is -12.7. The van der Waals surface area contributed by atoms with Gasteiger partial charge in [0.15, 0.2) is 21.1 Å². The zero-order chi connectivity index (χ0) is 44.2. The van der Waals surface area contributed by atoms with Crippen LogP contribution in [0.1, 0.15) is 76.1 Å². The third-order valence-corrected chi connectivity index (χ3v) is 11.2. The van der Waals surface area contributed by atoms with Gasteiger partial charge in [0.1, 0.15) is 25.0 Å². The fourth-order valence-electron chi connectivity index (χ4n) is 4.92. The summed E-state index contributed by atoms with van der Waals surface area (Å²) in [5, 5.41) is 0. The smallest absolute Gasteiger partial charge is 0.673 e. The molecule has 0 aromatic heterocycles. The number of nitrogens with zero attached hydrogens (tertiary/aromatic N) is 1. The van der Waals surface area contributed by atoms with Gasteiger partial charge in [0.25, 0.3) is 0 Å². The Hall–Kier alpha value is -2.08. The molecule has 0 aliphatic heterocycles. The molecule has 0 bridgehead atoms. The van der Waals surface area contributed by atoms with Crippen molar-refractivity contribution in [2.45, 2.75) is 76.3 Å². The second-order valence-electron chi connectivity index (χ2n) is 12.7. The van der Waals surface area contributed by atoms with Crippen molar-refractivity contribution >= 4 is 61.4 Å². The largest absolute Gasteiger partial charge is 0.726 e. The van der Waals surface area contributed by atoms with Gasteiger partial charge in [-0.15, -0.1) is 0 Å². The number of Topliss-reactive ketones (excluding diaryl/α,β-unsaturated/α-hetero) is 2. The van der Waals surface area contributed by atoms with Crippen LogP contribution in [-0.4, -0.2) is 126 Å². The van der Waals surface area contributed by atoms with Crippen LogP contribution in [0.25, 0.3) is 0 Å². The molecule has 0 radical (unpaired) electrons. The maximum Gasteiger partial charge on any atom is 0.673 e. The molecule has 2 rings (SSSR count). The normalized spacial score (nSPS) is 12.1. The number of carbonyl (C=O) groups is 2. The molecular formula is C34H59BF4N2O10S4. The molecule has 0 amide bonds. The van der Waals surface area contributed by atoms with Gasteiger partial charge in [0.2, 0.25) is 26.6 Å². The summed E-state index contributed by atoms with van der Waals surface area (Å²) in [5.41, 5.74) is 0.848. The predicted molar refractivity (Wildman–Crippen MR) is 213 cm³/mol. The first-order valence-corrected chi connectivity index (χ1v) is 23.5. The number of hydrogen-bond donors (Lipinski definition) is 1. The highest BCUT2D eigenvalue weighted by atomic mass is 32.3. The Bertz CT molecular complexity index is 1500. The van der Waals surface area contributed by atoms with E-state index >= 15 is 0 Å². The number of ketones is 2. The standard InChI is InChI=1S/2C16H26NOS.2CH4O4S.BF4/c2*1-7-17(8-2)16(3,4)15(18)13-9-11-14(12-10-13)19(5)6;2*1-5-6(2,3)4;2-1(3,4)5/h2*9-12H,7-8H2,1-6H3;2*1H3,(H,2,3,4);/q2*+1;;;-1/p-1. The van der Waals surface area contributed by atoms with Gasteiger partial charge in [-0.2, -0.15) is 0 Å². The summed E-state index contributed by atoms with van der Waals surface area (Å²) in [6.07, 6.45) is 8.77. The van der Waals surface area contributed by atoms with Gasteiger partial charge >= 0.3 is 7.25 Å². The lowest BCUT2D eigenvalue weighted by molar-refractivity contribution is -0.934. The molecule has 1 N–H and O–H groups in total. The van der Waals surface area contributed by atoms with Gasteiger partial charge in [0.05, 0.1) is 32.8 Å². The minimum Gasteiger partial charge on any atom is -0.726 e. The summed E-state index contributed by atoms with van der Waals surface area (Å²) in [6, 6.07) is 16.2. The van der Waals surface area contributed by atoms with Crippen LogP contribution in [0.2, 0.25) is 0 Å². The molecule has 0 saturated heterocycles. The van der Waals surface area contributed by atoms with E-state index in [9.17, 15) is 52.8 Å². The number of benzene rings is 2. The van der Waals surface area contributed by atoms with Crippen molar-refractivity contribution in [2.75, 3.05) is 65.4 Å². The molecule has 0 atom stereocenters. The van der Waals surface area contributed by atoms with Gasteiger partial charge in [0, 0.05) is 32.9 Å². The van der Waals surface area contributed by atoms with Crippen LogP contribution in [-0.2, 0) is 51.0 Å². The molecule has 0 aliphatic rings. The van der Waals surface area contributed by atoms with Crippen molar-refractivity contribution in [1.82, 2.24) is 4.90 Å². The number of hydrogen-bond acceptors (Lipinski definition) is 11. The zero-order valence-electron chi connectivity index (χ0n) is 34.2. The molecule has 55 heavy (non-hydrogen) atoms.